The lowest BCUT2D eigenvalue weighted by Gasteiger charge is -2.24. The molecule has 0 aliphatic carbocycles. The van der Waals surface area contributed by atoms with Gasteiger partial charge in [0.05, 0.1) is 0 Å². The van der Waals surface area contributed by atoms with Crippen LogP contribution in [0.15, 0.2) is 36.6 Å². The summed E-state index contributed by atoms with van der Waals surface area (Å²) in [5.74, 6) is 5.46. The summed E-state index contributed by atoms with van der Waals surface area (Å²) >= 11 is 0. The van der Waals surface area contributed by atoms with Gasteiger partial charge in [-0.25, -0.2) is 5.43 Å². The highest BCUT2D eigenvalue weighted by molar-refractivity contribution is 5.72. The Hall–Kier alpha value is -1.36. The van der Waals surface area contributed by atoms with Gasteiger partial charge in [0.25, 0.3) is 0 Å². The third-order valence-corrected chi connectivity index (χ3v) is 2.35. The highest BCUT2D eigenvalue weighted by atomic mass is 16.7. The van der Waals surface area contributed by atoms with Gasteiger partial charge in [0.15, 0.2) is 0 Å². The van der Waals surface area contributed by atoms with Gasteiger partial charge in [0, 0.05) is 5.57 Å². The van der Waals surface area contributed by atoms with Crippen LogP contribution in [-0.2, 0) is 4.84 Å². The van der Waals surface area contributed by atoms with Gasteiger partial charge >= 0.3 is 0 Å². The fraction of sp³-hybridized carbons (Fsp3) is 0.200. The van der Waals surface area contributed by atoms with Crippen molar-refractivity contribution in [1.29, 1.82) is 0 Å². The molecule has 1 aliphatic heterocycles. The van der Waals surface area contributed by atoms with Gasteiger partial charge in [-0.15, -0.1) is 5.48 Å². The van der Waals surface area contributed by atoms with Gasteiger partial charge in [-0.3, -0.25) is 5.84 Å². The minimum Gasteiger partial charge on any atom is -0.414 e. The van der Waals surface area contributed by atoms with Gasteiger partial charge in [-0.2, -0.15) is 0 Å². The Kier molecular flexibility index (Phi) is 2.25. The first kappa shape index (κ1) is 9.21. The molecule has 4 nitrogen and oxygen atoms in total. The van der Waals surface area contributed by atoms with E-state index in [1.54, 1.807) is 6.26 Å². The zero-order valence-electron chi connectivity index (χ0n) is 7.95. The molecule has 0 bridgehead atoms. The molecule has 0 aromatic heterocycles. The van der Waals surface area contributed by atoms with Crippen LogP contribution in [0.2, 0.25) is 0 Å². The maximum absolute atomic E-state index is 5.46. The first-order valence-electron chi connectivity index (χ1n) is 4.43. The van der Waals surface area contributed by atoms with Crippen molar-refractivity contribution >= 4 is 5.57 Å². The quantitative estimate of drug-likeness (QED) is 0.476. The molecule has 0 saturated carbocycles. The minimum atomic E-state index is -0.526. The largest absolute Gasteiger partial charge is 0.414 e. The van der Waals surface area contributed by atoms with E-state index in [2.05, 4.69) is 10.9 Å². The van der Waals surface area contributed by atoms with E-state index >= 15 is 0 Å². The molecule has 14 heavy (non-hydrogen) atoms. The van der Waals surface area contributed by atoms with Crippen molar-refractivity contribution in [1.82, 2.24) is 10.9 Å². The first-order valence-corrected chi connectivity index (χ1v) is 4.43. The molecule has 1 aromatic rings. The second-order valence-electron chi connectivity index (χ2n) is 3.39. The van der Waals surface area contributed by atoms with Crippen molar-refractivity contribution < 1.29 is 4.84 Å². The van der Waals surface area contributed by atoms with E-state index in [1.807, 2.05) is 37.3 Å². The number of nitrogens with two attached hydrogens (primary N) is 1. The second kappa shape index (κ2) is 3.42. The molecule has 4 heteroatoms. The smallest absolute Gasteiger partial charge is 0.141 e. The average Bonchev–Trinajstić information content (AvgIpc) is 2.63. The Morgan fingerprint density at radius 2 is 2.07 bits per heavy atom. The van der Waals surface area contributed by atoms with Crippen LogP contribution in [0.25, 0.3) is 5.57 Å². The van der Waals surface area contributed by atoms with Gasteiger partial charge in [-0.05, 0) is 12.5 Å². The molecule has 0 amide bonds. The van der Waals surface area contributed by atoms with Crippen LogP contribution in [0.5, 0.6) is 0 Å². The van der Waals surface area contributed by atoms with Gasteiger partial charge in [0.1, 0.15) is 11.9 Å². The summed E-state index contributed by atoms with van der Waals surface area (Å²) in [6.07, 6.45) is 1.66. The molecule has 74 valence electrons. The second-order valence-corrected chi connectivity index (χ2v) is 3.39. The molecule has 1 aliphatic rings. The van der Waals surface area contributed by atoms with E-state index in [4.69, 9.17) is 10.7 Å². The maximum atomic E-state index is 5.46. The zero-order valence-corrected chi connectivity index (χ0v) is 7.95. The molecule has 0 saturated heterocycles. The molecule has 1 heterocycles. The Morgan fingerprint density at radius 1 is 1.36 bits per heavy atom. The normalized spacial score (nSPS) is 25.7. The van der Waals surface area contributed by atoms with Gasteiger partial charge < -0.3 is 4.84 Å². The first-order chi connectivity index (χ1) is 6.76. The van der Waals surface area contributed by atoms with Crippen molar-refractivity contribution in [3.63, 3.8) is 0 Å². The summed E-state index contributed by atoms with van der Waals surface area (Å²) < 4.78 is 0. The Labute approximate surface area is 82.7 Å². The Bertz CT molecular complexity index is 350. The highest BCUT2D eigenvalue weighted by Crippen LogP contribution is 2.28. The Balaban J connectivity index is 2.36. The lowest BCUT2D eigenvalue weighted by Crippen LogP contribution is -2.55. The number of benzene rings is 1. The summed E-state index contributed by atoms with van der Waals surface area (Å²) in [6, 6.07) is 9.95. The monoisotopic (exact) mass is 191 g/mol. The third kappa shape index (κ3) is 1.39. The number of hydroxylamine groups is 1. The summed E-state index contributed by atoms with van der Waals surface area (Å²) in [6.45, 7) is 1.92. The fourth-order valence-corrected chi connectivity index (χ4v) is 1.46. The number of hydrogen-bond donors (Lipinski definition) is 3. The lowest BCUT2D eigenvalue weighted by molar-refractivity contribution is 0.0917. The summed E-state index contributed by atoms with van der Waals surface area (Å²) in [5.41, 5.74) is 7.03. The van der Waals surface area contributed by atoms with Crippen molar-refractivity contribution in [3.05, 3.63) is 42.2 Å². The SMILES string of the molecule is CC1(NN)NOC=C1c1ccccc1. The predicted molar refractivity (Wildman–Crippen MR) is 54.4 cm³/mol. The maximum Gasteiger partial charge on any atom is 0.141 e. The van der Waals surface area contributed by atoms with Crippen LogP contribution in [0.4, 0.5) is 0 Å². The van der Waals surface area contributed by atoms with Crippen molar-refractivity contribution in [2.45, 2.75) is 12.6 Å². The average molecular weight is 191 g/mol. The number of nitrogens with one attached hydrogen (secondary N) is 2. The standard InChI is InChI=1S/C10H13N3O/c1-10(12-11)9(7-14-13-10)8-5-3-2-4-6-8/h2-7,12-13H,11H2,1H3. The highest BCUT2D eigenvalue weighted by Gasteiger charge is 2.33. The molecule has 1 unspecified atom stereocenters. The minimum absolute atomic E-state index is 0.526. The number of rotatable bonds is 2. The van der Waals surface area contributed by atoms with Crippen LogP contribution >= 0.6 is 0 Å². The van der Waals surface area contributed by atoms with Crippen LogP contribution in [0.3, 0.4) is 0 Å². The molecular formula is C10H13N3O. The lowest BCUT2D eigenvalue weighted by atomic mass is 9.97. The van der Waals surface area contributed by atoms with Crippen LogP contribution < -0.4 is 16.7 Å². The van der Waals surface area contributed by atoms with Crippen LogP contribution in [0, 0.1) is 0 Å². The van der Waals surface area contributed by atoms with Crippen molar-refractivity contribution in [2.75, 3.05) is 0 Å². The zero-order chi connectivity index (χ0) is 10.0. The van der Waals surface area contributed by atoms with E-state index in [9.17, 15) is 0 Å². The third-order valence-electron chi connectivity index (χ3n) is 2.35. The molecular weight excluding hydrogens is 178 g/mol. The van der Waals surface area contributed by atoms with E-state index in [0.717, 1.165) is 11.1 Å². The fourth-order valence-electron chi connectivity index (χ4n) is 1.46. The molecule has 1 atom stereocenters. The van der Waals surface area contributed by atoms with Crippen LogP contribution in [0.1, 0.15) is 12.5 Å². The van der Waals surface area contributed by atoms with E-state index in [1.165, 1.54) is 0 Å². The molecule has 0 fully saturated rings. The summed E-state index contributed by atoms with van der Waals surface area (Å²) in [5, 5.41) is 0. The molecule has 2 rings (SSSR count). The van der Waals surface area contributed by atoms with E-state index in [-0.39, 0.29) is 0 Å². The van der Waals surface area contributed by atoms with Gasteiger partial charge in [0.2, 0.25) is 0 Å². The molecule has 4 N–H and O–H groups in total. The van der Waals surface area contributed by atoms with Crippen LogP contribution in [-0.4, -0.2) is 5.66 Å². The molecule has 1 aromatic carbocycles. The Morgan fingerprint density at radius 3 is 2.71 bits per heavy atom. The number of hydrazine groups is 1. The van der Waals surface area contributed by atoms with Crippen molar-refractivity contribution in [2.24, 2.45) is 5.84 Å². The molecule has 0 spiro atoms. The van der Waals surface area contributed by atoms with Gasteiger partial charge in [-0.1, -0.05) is 30.3 Å². The van der Waals surface area contributed by atoms with Crippen molar-refractivity contribution in [3.8, 4) is 0 Å². The topological polar surface area (TPSA) is 59.3 Å². The summed E-state index contributed by atoms with van der Waals surface area (Å²) in [7, 11) is 0. The van der Waals surface area contributed by atoms with E-state index < -0.39 is 5.66 Å². The van der Waals surface area contributed by atoms with E-state index in [0.29, 0.717) is 0 Å². The summed E-state index contributed by atoms with van der Waals surface area (Å²) in [4.78, 5) is 5.06. The predicted octanol–water partition coefficient (Wildman–Crippen LogP) is 0.742. The molecule has 0 radical (unpaired) electrons. The number of hydrogen-bond acceptors (Lipinski definition) is 4.